The van der Waals surface area contributed by atoms with Gasteiger partial charge in [-0.1, -0.05) is 18.2 Å². The zero-order chi connectivity index (χ0) is 20.9. The minimum Gasteiger partial charge on any atom is -0.399 e. The Bertz CT molecular complexity index is 952. The number of benzene rings is 1. The first-order chi connectivity index (χ1) is 13.9. The van der Waals surface area contributed by atoms with E-state index < -0.39 is 5.54 Å². The molecule has 152 valence electrons. The number of carbonyl (C=O) groups is 1. The lowest BCUT2D eigenvalue weighted by Gasteiger charge is -2.32. The number of nitrogens with one attached hydrogen (secondary N) is 1. The third kappa shape index (κ3) is 5.02. The van der Waals surface area contributed by atoms with Crippen LogP contribution in [0.3, 0.4) is 0 Å². The lowest BCUT2D eigenvalue weighted by Crippen LogP contribution is -2.47. The van der Waals surface area contributed by atoms with Crippen LogP contribution in [-0.2, 0) is 16.8 Å². The van der Waals surface area contributed by atoms with Gasteiger partial charge in [0.2, 0.25) is 5.91 Å². The van der Waals surface area contributed by atoms with Gasteiger partial charge in [0.25, 0.3) is 0 Å². The summed E-state index contributed by atoms with van der Waals surface area (Å²) < 4.78 is 0. The van der Waals surface area contributed by atoms with E-state index in [1.165, 1.54) is 5.56 Å². The van der Waals surface area contributed by atoms with Gasteiger partial charge in [0.1, 0.15) is 0 Å². The normalized spacial score (nSPS) is 14.2. The maximum Gasteiger partial charge on any atom is 0.225 e. The average Bonchev–Trinajstić information content (AvgIpc) is 3.22. The van der Waals surface area contributed by atoms with Crippen LogP contribution in [0, 0.1) is 5.92 Å². The SMILES string of the molecule is CNC(=O)C(CCCc1cccnc1)[C@](C)(N)c1cc(-c2cccc(N)c2)cs1. The van der Waals surface area contributed by atoms with Crippen molar-refractivity contribution in [2.45, 2.75) is 31.7 Å². The Kier molecular flexibility index (Phi) is 6.67. The van der Waals surface area contributed by atoms with Crippen molar-refractivity contribution in [3.05, 3.63) is 70.7 Å². The minimum atomic E-state index is -0.766. The molecule has 1 aromatic carbocycles. The molecule has 0 bridgehead atoms. The van der Waals surface area contributed by atoms with Crippen molar-refractivity contribution in [2.75, 3.05) is 12.8 Å². The molecule has 1 unspecified atom stereocenters. The molecule has 2 heterocycles. The Balaban J connectivity index is 1.78. The second-order valence-electron chi connectivity index (χ2n) is 7.53. The number of rotatable bonds is 8. The van der Waals surface area contributed by atoms with Gasteiger partial charge < -0.3 is 16.8 Å². The highest BCUT2D eigenvalue weighted by Gasteiger charge is 2.37. The van der Waals surface area contributed by atoms with E-state index in [0.717, 1.165) is 34.5 Å². The number of pyridine rings is 1. The molecule has 2 aromatic heterocycles. The number of nitrogens with two attached hydrogens (primary N) is 2. The van der Waals surface area contributed by atoms with Gasteiger partial charge in [-0.2, -0.15) is 0 Å². The van der Waals surface area contributed by atoms with E-state index >= 15 is 0 Å². The van der Waals surface area contributed by atoms with Crippen molar-refractivity contribution in [2.24, 2.45) is 11.7 Å². The van der Waals surface area contributed by atoms with Gasteiger partial charge in [-0.25, -0.2) is 0 Å². The van der Waals surface area contributed by atoms with Crippen molar-refractivity contribution in [1.82, 2.24) is 10.3 Å². The fourth-order valence-electron chi connectivity index (χ4n) is 3.59. The fraction of sp³-hybridized carbons (Fsp3) is 0.304. The average molecular weight is 409 g/mol. The predicted octanol–water partition coefficient (Wildman–Crippen LogP) is 3.95. The Hall–Kier alpha value is -2.70. The number of aryl methyl sites for hydroxylation is 1. The largest absolute Gasteiger partial charge is 0.399 e. The molecule has 0 saturated heterocycles. The Labute approximate surface area is 176 Å². The second-order valence-corrected chi connectivity index (χ2v) is 8.44. The maximum atomic E-state index is 12.7. The first-order valence-electron chi connectivity index (χ1n) is 9.76. The summed E-state index contributed by atoms with van der Waals surface area (Å²) in [4.78, 5) is 17.8. The van der Waals surface area contributed by atoms with Crippen LogP contribution in [0.2, 0.25) is 0 Å². The quantitative estimate of drug-likeness (QED) is 0.492. The molecular weight excluding hydrogens is 380 g/mol. The number of nitrogens with zero attached hydrogens (tertiary/aromatic N) is 1. The molecule has 0 fully saturated rings. The van der Waals surface area contributed by atoms with Crippen LogP contribution in [0.25, 0.3) is 11.1 Å². The molecule has 1 amide bonds. The van der Waals surface area contributed by atoms with Gasteiger partial charge in [-0.15, -0.1) is 11.3 Å². The molecule has 0 radical (unpaired) electrons. The number of amides is 1. The van der Waals surface area contributed by atoms with E-state index in [1.54, 1.807) is 24.6 Å². The Morgan fingerprint density at radius 1 is 1.24 bits per heavy atom. The number of thiophene rings is 1. The molecule has 3 aromatic rings. The summed E-state index contributed by atoms with van der Waals surface area (Å²) >= 11 is 1.59. The highest BCUT2D eigenvalue weighted by molar-refractivity contribution is 7.10. The molecule has 0 aliphatic heterocycles. The van der Waals surface area contributed by atoms with Crippen molar-refractivity contribution in [1.29, 1.82) is 0 Å². The van der Waals surface area contributed by atoms with E-state index in [-0.39, 0.29) is 11.8 Å². The highest BCUT2D eigenvalue weighted by atomic mass is 32.1. The lowest BCUT2D eigenvalue weighted by atomic mass is 9.80. The first-order valence-corrected chi connectivity index (χ1v) is 10.6. The van der Waals surface area contributed by atoms with Crippen LogP contribution in [-0.4, -0.2) is 17.9 Å². The summed E-state index contributed by atoms with van der Waals surface area (Å²) in [5.74, 6) is -0.350. The molecule has 2 atom stereocenters. The molecule has 6 heteroatoms. The zero-order valence-corrected chi connectivity index (χ0v) is 17.7. The lowest BCUT2D eigenvalue weighted by molar-refractivity contribution is -0.126. The smallest absolute Gasteiger partial charge is 0.225 e. The van der Waals surface area contributed by atoms with Crippen molar-refractivity contribution in [3.8, 4) is 11.1 Å². The zero-order valence-electron chi connectivity index (χ0n) is 16.9. The van der Waals surface area contributed by atoms with Crippen molar-refractivity contribution >= 4 is 22.9 Å². The van der Waals surface area contributed by atoms with Gasteiger partial charge in [0.15, 0.2) is 0 Å². The second kappa shape index (κ2) is 9.20. The maximum absolute atomic E-state index is 12.7. The van der Waals surface area contributed by atoms with Crippen molar-refractivity contribution < 1.29 is 4.79 Å². The first kappa shape index (κ1) is 21.0. The molecule has 3 rings (SSSR count). The van der Waals surface area contributed by atoms with Crippen molar-refractivity contribution in [3.63, 3.8) is 0 Å². The summed E-state index contributed by atoms with van der Waals surface area (Å²) in [6.07, 6.45) is 6.07. The fourth-order valence-corrected chi connectivity index (χ4v) is 4.64. The summed E-state index contributed by atoms with van der Waals surface area (Å²) in [5, 5.41) is 4.87. The molecule has 29 heavy (non-hydrogen) atoms. The number of hydrogen-bond acceptors (Lipinski definition) is 5. The van der Waals surface area contributed by atoms with E-state index in [1.807, 2.05) is 43.5 Å². The van der Waals surface area contributed by atoms with Gasteiger partial charge in [0, 0.05) is 30.0 Å². The number of aromatic nitrogens is 1. The Morgan fingerprint density at radius 2 is 2.07 bits per heavy atom. The standard InChI is InChI=1S/C23H28N4OS/c1-23(25,21-13-18(15-29-21)17-8-4-9-19(24)12-17)20(22(28)26-2)10-3-6-16-7-5-11-27-14-16/h4-5,7-9,11-15,20H,3,6,10,24-25H2,1-2H3,(H,26,28)/t20?,23-/m0/s1. The molecule has 0 aliphatic carbocycles. The third-order valence-electron chi connectivity index (χ3n) is 5.32. The van der Waals surface area contributed by atoms with E-state index in [0.29, 0.717) is 6.42 Å². The Morgan fingerprint density at radius 3 is 2.76 bits per heavy atom. The van der Waals surface area contributed by atoms with Crippen LogP contribution >= 0.6 is 11.3 Å². The third-order valence-corrected chi connectivity index (χ3v) is 6.50. The van der Waals surface area contributed by atoms with Crippen LogP contribution in [0.1, 0.15) is 30.2 Å². The summed E-state index contributed by atoms with van der Waals surface area (Å²) in [6, 6.07) is 13.9. The number of hydrogen-bond donors (Lipinski definition) is 3. The number of nitrogen functional groups attached to an aromatic ring is 1. The van der Waals surface area contributed by atoms with Crippen LogP contribution in [0.15, 0.2) is 60.2 Å². The van der Waals surface area contributed by atoms with E-state index in [2.05, 4.69) is 27.8 Å². The van der Waals surface area contributed by atoms with Gasteiger partial charge in [-0.05, 0) is 72.5 Å². The minimum absolute atomic E-state index is 0.0277. The van der Waals surface area contributed by atoms with E-state index in [9.17, 15) is 4.79 Å². The monoisotopic (exact) mass is 408 g/mol. The van der Waals surface area contributed by atoms with E-state index in [4.69, 9.17) is 11.5 Å². The molecule has 0 aliphatic rings. The predicted molar refractivity (Wildman–Crippen MR) is 120 cm³/mol. The van der Waals surface area contributed by atoms with Gasteiger partial charge in [0.05, 0.1) is 11.5 Å². The van der Waals surface area contributed by atoms with Crippen LogP contribution in [0.4, 0.5) is 5.69 Å². The molecular formula is C23H28N4OS. The topological polar surface area (TPSA) is 94.0 Å². The summed E-state index contributed by atoms with van der Waals surface area (Å²) in [5.41, 5.74) is 15.9. The molecule has 5 nitrogen and oxygen atoms in total. The summed E-state index contributed by atoms with van der Waals surface area (Å²) in [7, 11) is 1.67. The highest BCUT2D eigenvalue weighted by Crippen LogP contribution is 2.37. The van der Waals surface area contributed by atoms with Crippen LogP contribution < -0.4 is 16.8 Å². The summed E-state index contributed by atoms with van der Waals surface area (Å²) in [6.45, 7) is 1.95. The molecule has 0 saturated carbocycles. The number of anilines is 1. The van der Waals surface area contributed by atoms with Gasteiger partial charge >= 0.3 is 0 Å². The number of carbonyl (C=O) groups excluding carboxylic acids is 1. The van der Waals surface area contributed by atoms with Gasteiger partial charge in [-0.3, -0.25) is 9.78 Å². The van der Waals surface area contributed by atoms with Crippen LogP contribution in [0.5, 0.6) is 0 Å². The molecule has 5 N–H and O–H groups in total. The molecule has 0 spiro atoms.